The van der Waals surface area contributed by atoms with E-state index in [4.69, 9.17) is 10.4 Å². The molecule has 4 heteroatoms. The Balaban J connectivity index is 1.90. The molecule has 1 fully saturated rings. The minimum absolute atomic E-state index is 0.212. The normalized spacial score (nSPS) is 15.3. The summed E-state index contributed by atoms with van der Waals surface area (Å²) in [5, 5.41) is 19.6. The van der Waals surface area contributed by atoms with Gasteiger partial charge in [0, 0.05) is 29.9 Å². The fourth-order valence-corrected chi connectivity index (χ4v) is 2.64. The number of aliphatic hydroxyl groups is 1. The van der Waals surface area contributed by atoms with E-state index in [1.54, 1.807) is 11.3 Å². The highest BCUT2D eigenvalue weighted by atomic mass is 32.1. The lowest BCUT2D eigenvalue weighted by atomic mass is 10.3. The molecule has 0 bridgehead atoms. The van der Waals surface area contributed by atoms with E-state index in [9.17, 15) is 0 Å². The van der Waals surface area contributed by atoms with E-state index in [1.165, 1.54) is 17.7 Å². The van der Waals surface area contributed by atoms with Crippen LogP contribution in [0, 0.1) is 17.2 Å². The van der Waals surface area contributed by atoms with E-state index < -0.39 is 0 Å². The van der Waals surface area contributed by atoms with Crippen LogP contribution in [0.4, 0.5) is 0 Å². The fourth-order valence-electron chi connectivity index (χ4n) is 1.78. The van der Waals surface area contributed by atoms with Crippen LogP contribution < -0.4 is 0 Å². The molecule has 1 heterocycles. The number of hydrogen-bond donors (Lipinski definition) is 1. The van der Waals surface area contributed by atoms with Crippen LogP contribution in [-0.2, 0) is 6.54 Å². The SMILES string of the molecule is N#Cc1csc(CN(CCO)CC2CC2)c1. The van der Waals surface area contributed by atoms with Gasteiger partial charge in [-0.2, -0.15) is 5.26 Å². The number of rotatable bonds is 6. The van der Waals surface area contributed by atoms with Crippen LogP contribution in [0.15, 0.2) is 11.4 Å². The monoisotopic (exact) mass is 236 g/mol. The average molecular weight is 236 g/mol. The quantitative estimate of drug-likeness (QED) is 0.819. The standard InChI is InChI=1S/C12H16N2OS/c13-6-11-5-12(16-9-11)8-14(3-4-15)7-10-1-2-10/h5,9-10,15H,1-4,7-8H2. The van der Waals surface area contributed by atoms with Crippen molar-refractivity contribution in [2.24, 2.45) is 5.92 Å². The molecule has 2 rings (SSSR count). The van der Waals surface area contributed by atoms with Gasteiger partial charge in [-0.1, -0.05) is 0 Å². The maximum Gasteiger partial charge on any atom is 0.100 e. The van der Waals surface area contributed by atoms with Crippen LogP contribution in [-0.4, -0.2) is 29.7 Å². The van der Waals surface area contributed by atoms with Crippen LogP contribution in [0.25, 0.3) is 0 Å². The Morgan fingerprint density at radius 1 is 1.56 bits per heavy atom. The van der Waals surface area contributed by atoms with Crippen molar-refractivity contribution in [2.75, 3.05) is 19.7 Å². The Hall–Kier alpha value is -0.890. The maximum atomic E-state index is 9.01. The molecule has 0 aromatic carbocycles. The van der Waals surface area contributed by atoms with Crippen LogP contribution in [0.2, 0.25) is 0 Å². The van der Waals surface area contributed by atoms with Gasteiger partial charge >= 0.3 is 0 Å². The Morgan fingerprint density at radius 2 is 2.38 bits per heavy atom. The van der Waals surface area contributed by atoms with Gasteiger partial charge in [0.15, 0.2) is 0 Å². The number of nitrogens with zero attached hydrogens (tertiary/aromatic N) is 2. The predicted octanol–water partition coefficient (Wildman–Crippen LogP) is 1.82. The molecule has 1 N–H and O–H groups in total. The van der Waals surface area contributed by atoms with Crippen molar-refractivity contribution >= 4 is 11.3 Å². The van der Waals surface area contributed by atoms with Crippen molar-refractivity contribution in [3.63, 3.8) is 0 Å². The fraction of sp³-hybridized carbons (Fsp3) is 0.583. The summed E-state index contributed by atoms with van der Waals surface area (Å²) in [5.74, 6) is 0.835. The van der Waals surface area contributed by atoms with Crippen molar-refractivity contribution < 1.29 is 5.11 Å². The van der Waals surface area contributed by atoms with Crippen LogP contribution in [0.1, 0.15) is 23.3 Å². The highest BCUT2D eigenvalue weighted by Crippen LogP contribution is 2.30. The van der Waals surface area contributed by atoms with E-state index in [2.05, 4.69) is 11.0 Å². The first-order chi connectivity index (χ1) is 7.81. The molecule has 0 amide bonds. The van der Waals surface area contributed by atoms with Crippen molar-refractivity contribution in [3.8, 4) is 6.07 Å². The second kappa shape index (κ2) is 5.44. The molecule has 0 aliphatic heterocycles. The van der Waals surface area contributed by atoms with Crippen LogP contribution in [0.3, 0.4) is 0 Å². The lowest BCUT2D eigenvalue weighted by Gasteiger charge is -2.20. The van der Waals surface area contributed by atoms with E-state index in [-0.39, 0.29) is 6.61 Å². The zero-order chi connectivity index (χ0) is 11.4. The molecule has 1 aliphatic rings. The lowest BCUT2D eigenvalue weighted by Crippen LogP contribution is -2.28. The first kappa shape index (κ1) is 11.6. The Kier molecular flexibility index (Phi) is 3.94. The molecular formula is C12H16N2OS. The average Bonchev–Trinajstić information content (AvgIpc) is 2.96. The molecule has 16 heavy (non-hydrogen) atoms. The lowest BCUT2D eigenvalue weighted by molar-refractivity contribution is 0.186. The molecule has 0 atom stereocenters. The zero-order valence-electron chi connectivity index (χ0n) is 9.22. The van der Waals surface area contributed by atoms with Gasteiger partial charge in [-0.3, -0.25) is 4.90 Å². The van der Waals surface area contributed by atoms with Gasteiger partial charge in [0.05, 0.1) is 12.2 Å². The topological polar surface area (TPSA) is 47.3 Å². The molecule has 86 valence electrons. The van der Waals surface area contributed by atoms with Gasteiger partial charge in [0.1, 0.15) is 6.07 Å². The highest BCUT2D eigenvalue weighted by molar-refractivity contribution is 7.10. The summed E-state index contributed by atoms with van der Waals surface area (Å²) in [4.78, 5) is 3.50. The molecule has 1 saturated carbocycles. The Morgan fingerprint density at radius 3 is 2.94 bits per heavy atom. The van der Waals surface area contributed by atoms with E-state index in [1.807, 2.05) is 11.4 Å². The van der Waals surface area contributed by atoms with Gasteiger partial charge < -0.3 is 5.11 Å². The van der Waals surface area contributed by atoms with Crippen LogP contribution >= 0.6 is 11.3 Å². The number of nitriles is 1. The van der Waals surface area contributed by atoms with E-state index in [0.29, 0.717) is 0 Å². The van der Waals surface area contributed by atoms with Gasteiger partial charge in [-0.05, 0) is 24.8 Å². The molecule has 0 saturated heterocycles. The molecule has 1 aromatic rings. The number of aliphatic hydroxyl groups excluding tert-OH is 1. The minimum Gasteiger partial charge on any atom is -0.395 e. The van der Waals surface area contributed by atoms with Gasteiger partial charge in [0.25, 0.3) is 0 Å². The summed E-state index contributed by atoms with van der Waals surface area (Å²) >= 11 is 1.63. The van der Waals surface area contributed by atoms with Gasteiger partial charge in [-0.15, -0.1) is 11.3 Å². The third-order valence-corrected chi connectivity index (χ3v) is 3.71. The summed E-state index contributed by atoms with van der Waals surface area (Å²) < 4.78 is 0. The second-order valence-corrected chi connectivity index (χ2v) is 5.31. The van der Waals surface area contributed by atoms with Crippen molar-refractivity contribution in [2.45, 2.75) is 19.4 Å². The third-order valence-electron chi connectivity index (χ3n) is 2.79. The number of hydrogen-bond acceptors (Lipinski definition) is 4. The molecule has 0 unspecified atom stereocenters. The molecule has 3 nitrogen and oxygen atoms in total. The smallest absolute Gasteiger partial charge is 0.100 e. The van der Waals surface area contributed by atoms with Gasteiger partial charge in [0.2, 0.25) is 0 Å². The van der Waals surface area contributed by atoms with E-state index in [0.717, 1.165) is 31.1 Å². The summed E-state index contributed by atoms with van der Waals surface area (Å²) in [6.07, 6.45) is 2.66. The first-order valence-electron chi connectivity index (χ1n) is 5.62. The molecule has 0 spiro atoms. The Labute approximate surface area is 99.9 Å². The predicted molar refractivity (Wildman–Crippen MR) is 64.1 cm³/mol. The molecular weight excluding hydrogens is 220 g/mol. The largest absolute Gasteiger partial charge is 0.395 e. The summed E-state index contributed by atoms with van der Waals surface area (Å²) in [7, 11) is 0. The maximum absolute atomic E-state index is 9.01. The Bertz CT molecular complexity index is 379. The minimum atomic E-state index is 0.212. The second-order valence-electron chi connectivity index (χ2n) is 4.32. The van der Waals surface area contributed by atoms with Crippen molar-refractivity contribution in [3.05, 3.63) is 21.9 Å². The third kappa shape index (κ3) is 3.31. The van der Waals surface area contributed by atoms with Crippen molar-refractivity contribution in [1.29, 1.82) is 5.26 Å². The number of thiophene rings is 1. The summed E-state index contributed by atoms with van der Waals surface area (Å²) in [6, 6.07) is 4.09. The zero-order valence-corrected chi connectivity index (χ0v) is 10.0. The molecule has 0 radical (unpaired) electrons. The molecule has 1 aromatic heterocycles. The summed E-state index contributed by atoms with van der Waals surface area (Å²) in [6.45, 7) is 2.89. The van der Waals surface area contributed by atoms with E-state index >= 15 is 0 Å². The highest BCUT2D eigenvalue weighted by Gasteiger charge is 2.24. The van der Waals surface area contributed by atoms with Crippen molar-refractivity contribution in [1.82, 2.24) is 4.90 Å². The first-order valence-corrected chi connectivity index (χ1v) is 6.50. The van der Waals surface area contributed by atoms with Crippen LogP contribution in [0.5, 0.6) is 0 Å². The van der Waals surface area contributed by atoms with Gasteiger partial charge in [-0.25, -0.2) is 0 Å². The molecule has 1 aliphatic carbocycles. The summed E-state index contributed by atoms with van der Waals surface area (Å²) in [5.41, 5.74) is 0.746.